The van der Waals surface area contributed by atoms with Crippen LogP contribution in [0.15, 0.2) is 35.3 Å². The molecular weight excluding hydrogens is 272 g/mol. The number of aromatic nitrogens is 2. The first-order valence-electron chi connectivity index (χ1n) is 6.26. The summed E-state index contributed by atoms with van der Waals surface area (Å²) < 4.78 is 6.46. The van der Waals surface area contributed by atoms with E-state index in [0.29, 0.717) is 27.9 Å². The highest BCUT2D eigenvalue weighted by molar-refractivity contribution is 5.88. The molecular formula is C15H12N2O4. The number of benzene rings is 1. The van der Waals surface area contributed by atoms with Crippen LogP contribution in [0.1, 0.15) is 15.9 Å². The molecule has 0 radical (unpaired) electrons. The number of ether oxygens (including phenoxy) is 1. The molecule has 1 N–H and O–H groups in total. The van der Waals surface area contributed by atoms with Gasteiger partial charge in [-0.15, -0.1) is 0 Å². The average molecular weight is 284 g/mol. The van der Waals surface area contributed by atoms with E-state index in [0.717, 1.165) is 0 Å². The highest BCUT2D eigenvalue weighted by Crippen LogP contribution is 2.24. The van der Waals surface area contributed by atoms with E-state index in [2.05, 4.69) is 4.98 Å². The van der Waals surface area contributed by atoms with Crippen molar-refractivity contribution < 1.29 is 14.6 Å². The van der Waals surface area contributed by atoms with Gasteiger partial charge in [0.15, 0.2) is 0 Å². The maximum Gasteiger partial charge on any atom is 0.337 e. The molecule has 0 unspecified atom stereocenters. The Labute approximate surface area is 119 Å². The Morgan fingerprint density at radius 1 is 1.29 bits per heavy atom. The number of hydrogen-bond donors (Lipinski definition) is 1. The first kappa shape index (κ1) is 13.1. The lowest BCUT2D eigenvalue weighted by molar-refractivity contribution is 0.0696. The molecule has 6 heteroatoms. The van der Waals surface area contributed by atoms with Crippen LogP contribution >= 0.6 is 0 Å². The van der Waals surface area contributed by atoms with E-state index in [1.807, 2.05) is 0 Å². The van der Waals surface area contributed by atoms with Crippen LogP contribution < -0.4 is 10.3 Å². The van der Waals surface area contributed by atoms with Crippen LogP contribution in [0.3, 0.4) is 0 Å². The Balaban J connectivity index is 2.48. The fourth-order valence-corrected chi connectivity index (χ4v) is 2.38. The van der Waals surface area contributed by atoms with Gasteiger partial charge in [-0.2, -0.15) is 0 Å². The van der Waals surface area contributed by atoms with E-state index in [9.17, 15) is 9.59 Å². The number of nitrogens with zero attached hydrogens (tertiary/aromatic N) is 2. The van der Waals surface area contributed by atoms with Gasteiger partial charge in [0.1, 0.15) is 11.4 Å². The number of fused-ring (bicyclic) bond motifs is 2. The molecule has 3 rings (SSSR count). The van der Waals surface area contributed by atoms with E-state index < -0.39 is 5.97 Å². The Hall–Kier alpha value is -2.89. The lowest BCUT2D eigenvalue weighted by atomic mass is 10.1. The van der Waals surface area contributed by atoms with Gasteiger partial charge in [0.05, 0.1) is 23.6 Å². The van der Waals surface area contributed by atoms with Gasteiger partial charge in [0, 0.05) is 11.8 Å². The fourth-order valence-electron chi connectivity index (χ4n) is 2.38. The molecule has 2 aromatic heterocycles. The van der Waals surface area contributed by atoms with Crippen molar-refractivity contribution in [3.63, 3.8) is 0 Å². The molecule has 0 saturated carbocycles. The van der Waals surface area contributed by atoms with Crippen molar-refractivity contribution in [2.45, 2.75) is 6.92 Å². The highest BCUT2D eigenvalue weighted by atomic mass is 16.5. The second-order valence-electron chi connectivity index (χ2n) is 4.66. The lowest BCUT2D eigenvalue weighted by Gasteiger charge is -2.09. The monoisotopic (exact) mass is 284 g/mol. The minimum atomic E-state index is -1.09. The van der Waals surface area contributed by atoms with Crippen molar-refractivity contribution in [3.05, 3.63) is 51.9 Å². The van der Waals surface area contributed by atoms with E-state index in [1.54, 1.807) is 19.1 Å². The molecule has 0 saturated heterocycles. The van der Waals surface area contributed by atoms with Crippen molar-refractivity contribution in [1.82, 2.24) is 9.38 Å². The SMILES string of the molecule is COc1ccc2nc3ccc(C(=O)O)cn3c(=O)c2c1C. The molecule has 0 fully saturated rings. The van der Waals surface area contributed by atoms with Crippen molar-refractivity contribution in [1.29, 1.82) is 0 Å². The Bertz CT molecular complexity index is 944. The van der Waals surface area contributed by atoms with E-state index >= 15 is 0 Å². The first-order valence-corrected chi connectivity index (χ1v) is 6.26. The smallest absolute Gasteiger partial charge is 0.337 e. The molecule has 6 nitrogen and oxygen atoms in total. The second kappa shape index (κ2) is 4.59. The molecule has 0 spiro atoms. The normalized spacial score (nSPS) is 11.0. The van der Waals surface area contributed by atoms with Crippen LogP contribution in [0, 0.1) is 6.92 Å². The summed E-state index contributed by atoms with van der Waals surface area (Å²) in [6, 6.07) is 6.41. The summed E-state index contributed by atoms with van der Waals surface area (Å²) in [5.41, 5.74) is 1.37. The third-order valence-electron chi connectivity index (χ3n) is 3.45. The summed E-state index contributed by atoms with van der Waals surface area (Å²) in [5, 5.41) is 9.45. The zero-order valence-electron chi connectivity index (χ0n) is 11.5. The van der Waals surface area contributed by atoms with Gasteiger partial charge in [0.2, 0.25) is 0 Å². The van der Waals surface area contributed by atoms with Gasteiger partial charge in [-0.1, -0.05) is 0 Å². The number of hydrogen-bond acceptors (Lipinski definition) is 4. The van der Waals surface area contributed by atoms with Crippen molar-refractivity contribution in [2.24, 2.45) is 0 Å². The number of methoxy groups -OCH3 is 1. The minimum absolute atomic E-state index is 0.0336. The average Bonchev–Trinajstić information content (AvgIpc) is 2.47. The number of carboxylic acids is 1. The van der Waals surface area contributed by atoms with Crippen LogP contribution in [0.25, 0.3) is 16.6 Å². The third-order valence-corrected chi connectivity index (χ3v) is 3.45. The largest absolute Gasteiger partial charge is 0.496 e. The first-order chi connectivity index (χ1) is 10.0. The Morgan fingerprint density at radius 2 is 2.05 bits per heavy atom. The Kier molecular flexibility index (Phi) is 2.86. The van der Waals surface area contributed by atoms with Crippen LogP contribution in [0.4, 0.5) is 0 Å². The number of rotatable bonds is 2. The van der Waals surface area contributed by atoms with E-state index in [4.69, 9.17) is 9.84 Å². The lowest BCUT2D eigenvalue weighted by Crippen LogP contribution is -2.17. The molecule has 0 aliphatic heterocycles. The third kappa shape index (κ3) is 1.92. The topological polar surface area (TPSA) is 80.9 Å². The van der Waals surface area contributed by atoms with Crippen LogP contribution in [0.2, 0.25) is 0 Å². The summed E-state index contributed by atoms with van der Waals surface area (Å²) in [7, 11) is 1.53. The van der Waals surface area contributed by atoms with Gasteiger partial charge in [-0.25, -0.2) is 9.78 Å². The molecule has 3 aromatic rings. The molecule has 1 aromatic carbocycles. The Morgan fingerprint density at radius 3 is 2.71 bits per heavy atom. The summed E-state index contributed by atoms with van der Waals surface area (Å²) in [6.07, 6.45) is 1.28. The molecule has 0 atom stereocenters. The number of aryl methyl sites for hydroxylation is 1. The molecule has 2 heterocycles. The molecule has 0 aliphatic rings. The van der Waals surface area contributed by atoms with Crippen LogP contribution in [-0.4, -0.2) is 27.6 Å². The highest BCUT2D eigenvalue weighted by Gasteiger charge is 2.13. The van der Waals surface area contributed by atoms with E-state index in [-0.39, 0.29) is 11.1 Å². The van der Waals surface area contributed by atoms with Gasteiger partial charge >= 0.3 is 5.97 Å². The van der Waals surface area contributed by atoms with Crippen molar-refractivity contribution >= 4 is 22.5 Å². The molecule has 21 heavy (non-hydrogen) atoms. The quantitative estimate of drug-likeness (QED) is 0.726. The molecule has 106 valence electrons. The zero-order valence-corrected chi connectivity index (χ0v) is 11.5. The number of pyridine rings is 1. The maximum atomic E-state index is 12.6. The number of carboxylic acid groups (broad SMARTS) is 1. The number of carbonyl (C=O) groups is 1. The maximum absolute atomic E-state index is 12.6. The standard InChI is InChI=1S/C15H12N2O4/c1-8-11(21-2)5-4-10-13(8)14(18)17-7-9(15(19)20)3-6-12(17)16-10/h3-7H,1-2H3,(H,19,20). The van der Waals surface area contributed by atoms with Crippen LogP contribution in [0.5, 0.6) is 5.75 Å². The second-order valence-corrected chi connectivity index (χ2v) is 4.66. The molecule has 0 amide bonds. The van der Waals surface area contributed by atoms with Crippen molar-refractivity contribution in [2.75, 3.05) is 7.11 Å². The number of aromatic carboxylic acids is 1. The van der Waals surface area contributed by atoms with Gasteiger partial charge < -0.3 is 9.84 Å². The summed E-state index contributed by atoms with van der Waals surface area (Å²) >= 11 is 0. The van der Waals surface area contributed by atoms with Crippen molar-refractivity contribution in [3.8, 4) is 5.75 Å². The zero-order chi connectivity index (χ0) is 15.1. The predicted molar refractivity (Wildman–Crippen MR) is 77.2 cm³/mol. The van der Waals surface area contributed by atoms with Gasteiger partial charge in [-0.3, -0.25) is 9.20 Å². The van der Waals surface area contributed by atoms with Gasteiger partial charge in [0.25, 0.3) is 5.56 Å². The van der Waals surface area contributed by atoms with E-state index in [1.165, 1.54) is 29.8 Å². The van der Waals surface area contributed by atoms with Crippen LogP contribution in [-0.2, 0) is 0 Å². The summed E-state index contributed by atoms with van der Waals surface area (Å²) in [6.45, 7) is 1.78. The molecule has 0 bridgehead atoms. The fraction of sp³-hybridized carbons (Fsp3) is 0.133. The van der Waals surface area contributed by atoms with Gasteiger partial charge in [-0.05, 0) is 31.2 Å². The summed E-state index contributed by atoms with van der Waals surface area (Å²) in [4.78, 5) is 28.0. The minimum Gasteiger partial charge on any atom is -0.496 e. The summed E-state index contributed by atoms with van der Waals surface area (Å²) in [5.74, 6) is -0.498. The molecule has 0 aliphatic carbocycles. The predicted octanol–water partition coefficient (Wildman–Crippen LogP) is 1.86.